The van der Waals surface area contributed by atoms with Crippen molar-refractivity contribution in [1.82, 2.24) is 10.2 Å². The minimum absolute atomic E-state index is 0.195. The summed E-state index contributed by atoms with van der Waals surface area (Å²) in [6.45, 7) is 4.34. The fourth-order valence-electron chi connectivity index (χ4n) is 2.58. The van der Waals surface area contributed by atoms with Gasteiger partial charge in [0, 0.05) is 22.0 Å². The second-order valence-corrected chi connectivity index (χ2v) is 8.72. The first-order valence-electron chi connectivity index (χ1n) is 9.21. The number of hydrogen-bond acceptors (Lipinski definition) is 3. The Morgan fingerprint density at radius 1 is 1.14 bits per heavy atom. The van der Waals surface area contributed by atoms with Crippen LogP contribution in [0.15, 0.2) is 51.4 Å². The third-order valence-corrected chi connectivity index (χ3v) is 5.55. The second-order valence-electron chi connectivity index (χ2n) is 6.48. The molecule has 0 bridgehead atoms. The van der Waals surface area contributed by atoms with Gasteiger partial charge in [0.2, 0.25) is 5.91 Å². The van der Waals surface area contributed by atoms with Crippen LogP contribution in [0, 0.1) is 0 Å². The van der Waals surface area contributed by atoms with Gasteiger partial charge in [-0.25, -0.2) is 0 Å². The van der Waals surface area contributed by atoms with Gasteiger partial charge >= 0.3 is 0 Å². The molecule has 2 aromatic carbocycles. The third-order valence-electron chi connectivity index (χ3n) is 4.23. The van der Waals surface area contributed by atoms with E-state index < -0.39 is 6.04 Å². The Morgan fingerprint density at radius 3 is 2.41 bits per heavy atom. The van der Waals surface area contributed by atoms with Crippen molar-refractivity contribution in [2.24, 2.45) is 0 Å². The molecule has 2 aromatic rings. The van der Waals surface area contributed by atoms with Crippen molar-refractivity contribution in [3.05, 3.63) is 62.0 Å². The number of hydrogen-bond donors (Lipinski definition) is 1. The van der Waals surface area contributed by atoms with Gasteiger partial charge in [-0.1, -0.05) is 62.5 Å². The molecule has 1 unspecified atom stereocenters. The fraction of sp³-hybridized carbons (Fsp3) is 0.333. The summed E-state index contributed by atoms with van der Waals surface area (Å²) >= 11 is 12.9. The second kappa shape index (κ2) is 11.6. The molecule has 0 radical (unpaired) electrons. The van der Waals surface area contributed by atoms with Crippen LogP contribution in [0.3, 0.4) is 0 Å². The van der Waals surface area contributed by atoms with Gasteiger partial charge in [-0.2, -0.15) is 0 Å². The van der Waals surface area contributed by atoms with E-state index >= 15 is 0 Å². The molecule has 2 rings (SSSR count). The lowest BCUT2D eigenvalue weighted by Crippen LogP contribution is -2.49. The molecular formula is C21H23Br2ClN2O3. The van der Waals surface area contributed by atoms with Crippen molar-refractivity contribution >= 4 is 55.3 Å². The molecule has 0 spiro atoms. The van der Waals surface area contributed by atoms with E-state index in [4.69, 9.17) is 16.3 Å². The van der Waals surface area contributed by atoms with Gasteiger partial charge in [0.15, 0.2) is 6.61 Å². The molecule has 0 heterocycles. The number of benzene rings is 2. The highest BCUT2D eigenvalue weighted by Crippen LogP contribution is 2.27. The van der Waals surface area contributed by atoms with Gasteiger partial charge in [0.1, 0.15) is 11.8 Å². The quantitative estimate of drug-likeness (QED) is 0.471. The Balaban J connectivity index is 2.14. The number of carbonyl (C=O) groups excluding carboxylic acids is 2. The first-order valence-corrected chi connectivity index (χ1v) is 11.2. The van der Waals surface area contributed by atoms with E-state index in [9.17, 15) is 9.59 Å². The van der Waals surface area contributed by atoms with Gasteiger partial charge in [-0.05, 0) is 49.2 Å². The molecule has 0 aliphatic carbocycles. The number of rotatable bonds is 9. The third kappa shape index (κ3) is 7.32. The first kappa shape index (κ1) is 23.7. The highest BCUT2D eigenvalue weighted by molar-refractivity contribution is 9.10. The Kier molecular flexibility index (Phi) is 9.46. The van der Waals surface area contributed by atoms with Crippen LogP contribution in [0.5, 0.6) is 5.75 Å². The highest BCUT2D eigenvalue weighted by atomic mass is 79.9. The molecular weight excluding hydrogens is 524 g/mol. The number of nitrogens with zero attached hydrogens (tertiary/aromatic N) is 1. The maximum atomic E-state index is 12.9. The summed E-state index contributed by atoms with van der Waals surface area (Å²) in [7, 11) is 0. The maximum Gasteiger partial charge on any atom is 0.261 e. The predicted octanol–water partition coefficient (Wildman–Crippen LogP) is 5.19. The zero-order valence-electron chi connectivity index (χ0n) is 16.3. The van der Waals surface area contributed by atoms with Crippen LogP contribution in [0.2, 0.25) is 5.02 Å². The Morgan fingerprint density at radius 2 is 1.79 bits per heavy atom. The van der Waals surface area contributed by atoms with Crippen molar-refractivity contribution in [3.8, 4) is 5.75 Å². The van der Waals surface area contributed by atoms with Crippen LogP contribution in [0.25, 0.3) is 0 Å². The average molecular weight is 547 g/mol. The summed E-state index contributed by atoms with van der Waals surface area (Å²) in [6.07, 6.45) is 0.824. The average Bonchev–Trinajstić information content (AvgIpc) is 2.70. The lowest BCUT2D eigenvalue weighted by Gasteiger charge is -2.28. The van der Waals surface area contributed by atoms with Crippen molar-refractivity contribution in [1.29, 1.82) is 0 Å². The molecule has 29 heavy (non-hydrogen) atoms. The molecule has 156 valence electrons. The number of halogens is 3. The molecule has 0 fully saturated rings. The molecule has 0 aliphatic heterocycles. The molecule has 0 saturated heterocycles. The summed E-state index contributed by atoms with van der Waals surface area (Å²) < 4.78 is 7.38. The Labute approximate surface area is 193 Å². The molecule has 8 heteroatoms. The largest absolute Gasteiger partial charge is 0.482 e. The lowest BCUT2D eigenvalue weighted by molar-refractivity contribution is -0.142. The molecule has 5 nitrogen and oxygen atoms in total. The summed E-state index contributed by atoms with van der Waals surface area (Å²) in [6, 6.07) is 12.2. The van der Waals surface area contributed by atoms with Crippen LogP contribution in [-0.2, 0) is 16.1 Å². The predicted molar refractivity (Wildman–Crippen MR) is 122 cm³/mol. The van der Waals surface area contributed by atoms with Gasteiger partial charge < -0.3 is 15.0 Å². The number of nitrogens with one attached hydrogen (secondary N) is 1. The standard InChI is InChI=1S/C21H23Br2ClN2O3/c1-3-10-25-21(28)14(2)26(12-15-4-6-16(22)7-5-15)20(27)13-29-19-9-8-17(23)11-18(19)24/h4-9,11,14H,3,10,12-13H2,1-2H3,(H,25,28). The molecule has 2 amide bonds. The van der Waals surface area contributed by atoms with E-state index in [1.54, 1.807) is 25.1 Å². The lowest BCUT2D eigenvalue weighted by atomic mass is 10.1. The van der Waals surface area contributed by atoms with Crippen LogP contribution in [0.1, 0.15) is 25.8 Å². The summed E-state index contributed by atoms with van der Waals surface area (Å²) in [5, 5.41) is 3.25. The summed E-state index contributed by atoms with van der Waals surface area (Å²) in [5.41, 5.74) is 0.915. The zero-order chi connectivity index (χ0) is 21.4. The monoisotopic (exact) mass is 544 g/mol. The van der Waals surface area contributed by atoms with Gasteiger partial charge in [-0.3, -0.25) is 9.59 Å². The Bertz CT molecular complexity index is 846. The number of amides is 2. The van der Waals surface area contributed by atoms with Crippen molar-refractivity contribution in [2.45, 2.75) is 32.9 Å². The topological polar surface area (TPSA) is 58.6 Å². The zero-order valence-corrected chi connectivity index (χ0v) is 20.2. The summed E-state index contributed by atoms with van der Waals surface area (Å²) in [4.78, 5) is 26.9. The number of carbonyl (C=O) groups is 2. The van der Waals surface area contributed by atoms with Crippen LogP contribution >= 0.6 is 43.5 Å². The first-order chi connectivity index (χ1) is 13.8. The minimum Gasteiger partial charge on any atom is -0.482 e. The Hall–Kier alpha value is -1.57. The van der Waals surface area contributed by atoms with Crippen molar-refractivity contribution in [3.63, 3.8) is 0 Å². The van der Waals surface area contributed by atoms with Crippen LogP contribution < -0.4 is 10.1 Å². The van der Waals surface area contributed by atoms with Crippen molar-refractivity contribution < 1.29 is 14.3 Å². The molecule has 0 aliphatic rings. The maximum absolute atomic E-state index is 12.9. The summed E-state index contributed by atoms with van der Waals surface area (Å²) in [5.74, 6) is -0.0834. The van der Waals surface area contributed by atoms with E-state index in [1.165, 1.54) is 4.90 Å². The minimum atomic E-state index is -0.637. The van der Waals surface area contributed by atoms with E-state index in [0.717, 1.165) is 20.9 Å². The van der Waals surface area contributed by atoms with E-state index in [-0.39, 0.29) is 18.4 Å². The van der Waals surface area contributed by atoms with Gasteiger partial charge in [0.25, 0.3) is 5.91 Å². The van der Waals surface area contributed by atoms with Gasteiger partial charge in [-0.15, -0.1) is 0 Å². The molecule has 0 saturated carbocycles. The van der Waals surface area contributed by atoms with Gasteiger partial charge in [0.05, 0.1) is 5.02 Å². The molecule has 1 atom stereocenters. The highest BCUT2D eigenvalue weighted by Gasteiger charge is 2.26. The van der Waals surface area contributed by atoms with Crippen LogP contribution in [0.4, 0.5) is 0 Å². The fourth-order valence-corrected chi connectivity index (χ4v) is 3.57. The van der Waals surface area contributed by atoms with Crippen molar-refractivity contribution in [2.75, 3.05) is 13.2 Å². The van der Waals surface area contributed by atoms with E-state index in [0.29, 0.717) is 23.9 Å². The normalized spacial score (nSPS) is 11.6. The van der Waals surface area contributed by atoms with E-state index in [1.807, 2.05) is 31.2 Å². The van der Waals surface area contributed by atoms with Crippen LogP contribution in [-0.4, -0.2) is 35.9 Å². The van der Waals surface area contributed by atoms with E-state index in [2.05, 4.69) is 37.2 Å². The number of ether oxygens (including phenoxy) is 1. The SMILES string of the molecule is CCCNC(=O)C(C)N(Cc1ccc(Br)cc1)C(=O)COc1ccc(Br)cc1Cl. The smallest absolute Gasteiger partial charge is 0.261 e. The molecule has 1 N–H and O–H groups in total. The molecule has 0 aromatic heterocycles.